The third-order valence-electron chi connectivity index (χ3n) is 4.64. The van der Waals surface area contributed by atoms with Crippen LogP contribution in [0, 0.1) is 5.92 Å². The highest BCUT2D eigenvalue weighted by Gasteiger charge is 2.16. The fourth-order valence-corrected chi connectivity index (χ4v) is 3.12. The van der Waals surface area contributed by atoms with Crippen LogP contribution in [0.5, 0.6) is 0 Å². The Balaban J connectivity index is 1.60. The predicted octanol–water partition coefficient (Wildman–Crippen LogP) is 1.84. The Bertz CT molecular complexity index is 321. The summed E-state index contributed by atoms with van der Waals surface area (Å²) in [6.45, 7) is 11.8. The van der Waals surface area contributed by atoms with Crippen LogP contribution in [0.3, 0.4) is 0 Å². The summed E-state index contributed by atoms with van der Waals surface area (Å²) < 4.78 is 5.63. The second-order valence-corrected chi connectivity index (χ2v) is 6.66. The summed E-state index contributed by atoms with van der Waals surface area (Å²) in [5.74, 6) is 1.85. The zero-order valence-electron chi connectivity index (χ0n) is 14.4. The van der Waals surface area contributed by atoms with Crippen LogP contribution in [0.4, 0.5) is 0 Å². The highest BCUT2D eigenvalue weighted by Crippen LogP contribution is 2.15. The third-order valence-corrected chi connectivity index (χ3v) is 4.64. The first-order valence-corrected chi connectivity index (χ1v) is 9.14. The molecular formula is C17H34N4O. The molecule has 128 valence electrons. The molecule has 2 aliphatic rings. The molecule has 0 aromatic carbocycles. The Hall–Kier alpha value is -0.810. The van der Waals surface area contributed by atoms with E-state index in [-0.39, 0.29) is 0 Å². The molecule has 0 saturated carbocycles. The molecule has 1 atom stereocenters. The van der Waals surface area contributed by atoms with Gasteiger partial charge in [0.15, 0.2) is 5.96 Å². The van der Waals surface area contributed by atoms with E-state index in [1.165, 1.54) is 45.3 Å². The fraction of sp³-hybridized carbons (Fsp3) is 0.941. The van der Waals surface area contributed by atoms with Gasteiger partial charge in [-0.1, -0.05) is 6.92 Å². The van der Waals surface area contributed by atoms with E-state index in [1.807, 2.05) is 0 Å². The molecule has 2 saturated heterocycles. The number of likely N-dealkylation sites (tertiary alicyclic amines) is 1. The van der Waals surface area contributed by atoms with Crippen LogP contribution in [0.1, 0.15) is 46.0 Å². The van der Waals surface area contributed by atoms with Crippen molar-refractivity contribution >= 4 is 5.96 Å². The SMILES string of the molecule is CCNC(=NCC1CCCO1)NCCCN1CCC(C)CC1. The lowest BCUT2D eigenvalue weighted by molar-refractivity contribution is 0.117. The molecular weight excluding hydrogens is 276 g/mol. The van der Waals surface area contributed by atoms with Crippen molar-refractivity contribution < 1.29 is 4.74 Å². The Morgan fingerprint density at radius 1 is 1.23 bits per heavy atom. The van der Waals surface area contributed by atoms with Gasteiger partial charge in [-0.05, 0) is 64.6 Å². The van der Waals surface area contributed by atoms with Gasteiger partial charge in [0.25, 0.3) is 0 Å². The Labute approximate surface area is 135 Å². The molecule has 2 N–H and O–H groups in total. The van der Waals surface area contributed by atoms with Gasteiger partial charge < -0.3 is 20.3 Å². The molecule has 5 nitrogen and oxygen atoms in total. The van der Waals surface area contributed by atoms with E-state index in [9.17, 15) is 0 Å². The van der Waals surface area contributed by atoms with Gasteiger partial charge in [0.2, 0.25) is 0 Å². The number of hydrogen-bond acceptors (Lipinski definition) is 3. The van der Waals surface area contributed by atoms with Crippen molar-refractivity contribution in [1.82, 2.24) is 15.5 Å². The molecule has 0 spiro atoms. The first-order chi connectivity index (χ1) is 10.8. The van der Waals surface area contributed by atoms with Gasteiger partial charge in [-0.2, -0.15) is 0 Å². The number of piperidine rings is 1. The molecule has 2 aliphatic heterocycles. The molecule has 22 heavy (non-hydrogen) atoms. The molecule has 2 fully saturated rings. The lowest BCUT2D eigenvalue weighted by Crippen LogP contribution is -2.40. The van der Waals surface area contributed by atoms with Crippen molar-refractivity contribution in [2.75, 3.05) is 45.9 Å². The maximum atomic E-state index is 5.63. The van der Waals surface area contributed by atoms with Crippen LogP contribution < -0.4 is 10.6 Å². The number of nitrogens with zero attached hydrogens (tertiary/aromatic N) is 2. The van der Waals surface area contributed by atoms with E-state index in [0.29, 0.717) is 6.10 Å². The third kappa shape index (κ3) is 6.53. The number of aliphatic imine (C=N–C) groups is 1. The molecule has 5 heteroatoms. The highest BCUT2D eigenvalue weighted by molar-refractivity contribution is 5.79. The standard InChI is InChI=1S/C17H34N4O/c1-3-18-17(20-14-16-6-4-13-22-16)19-9-5-10-21-11-7-15(2)8-12-21/h15-16H,3-14H2,1-2H3,(H2,18,19,20). The topological polar surface area (TPSA) is 48.9 Å². The van der Waals surface area contributed by atoms with Gasteiger partial charge in [0.1, 0.15) is 0 Å². The van der Waals surface area contributed by atoms with Crippen LogP contribution in [0.2, 0.25) is 0 Å². The van der Waals surface area contributed by atoms with Crippen molar-refractivity contribution in [3.05, 3.63) is 0 Å². The van der Waals surface area contributed by atoms with Crippen molar-refractivity contribution in [2.45, 2.75) is 52.1 Å². The summed E-state index contributed by atoms with van der Waals surface area (Å²) in [6.07, 6.45) is 6.55. The quantitative estimate of drug-likeness (QED) is 0.428. The normalized spacial score (nSPS) is 24.6. The van der Waals surface area contributed by atoms with Crippen LogP contribution >= 0.6 is 0 Å². The number of hydrogen-bond donors (Lipinski definition) is 2. The van der Waals surface area contributed by atoms with Crippen molar-refractivity contribution in [3.63, 3.8) is 0 Å². The molecule has 1 unspecified atom stereocenters. The average Bonchev–Trinajstić information content (AvgIpc) is 3.04. The van der Waals surface area contributed by atoms with Gasteiger partial charge in [0.05, 0.1) is 12.6 Å². The first-order valence-electron chi connectivity index (χ1n) is 9.14. The minimum atomic E-state index is 0.325. The number of nitrogens with one attached hydrogen (secondary N) is 2. The highest BCUT2D eigenvalue weighted by atomic mass is 16.5. The van der Waals surface area contributed by atoms with Crippen LogP contribution in [-0.2, 0) is 4.74 Å². The summed E-state index contributed by atoms with van der Waals surface area (Å²) in [4.78, 5) is 7.24. The lowest BCUT2D eigenvalue weighted by Gasteiger charge is -2.30. The summed E-state index contributed by atoms with van der Waals surface area (Å²) in [6, 6.07) is 0. The van der Waals surface area contributed by atoms with Gasteiger partial charge in [0, 0.05) is 19.7 Å². The second-order valence-electron chi connectivity index (χ2n) is 6.66. The minimum absolute atomic E-state index is 0.325. The van der Waals surface area contributed by atoms with E-state index >= 15 is 0 Å². The lowest BCUT2D eigenvalue weighted by atomic mass is 9.99. The summed E-state index contributed by atoms with van der Waals surface area (Å²) in [5.41, 5.74) is 0. The van der Waals surface area contributed by atoms with E-state index in [0.717, 1.165) is 44.5 Å². The zero-order valence-corrected chi connectivity index (χ0v) is 14.4. The predicted molar refractivity (Wildman–Crippen MR) is 92.4 cm³/mol. The molecule has 2 rings (SSSR count). The van der Waals surface area contributed by atoms with Gasteiger partial charge >= 0.3 is 0 Å². The molecule has 0 aromatic rings. The number of guanidine groups is 1. The first kappa shape index (κ1) is 17.5. The van der Waals surface area contributed by atoms with E-state index in [1.54, 1.807) is 0 Å². The Morgan fingerprint density at radius 3 is 2.73 bits per heavy atom. The molecule has 0 amide bonds. The number of ether oxygens (including phenoxy) is 1. The van der Waals surface area contributed by atoms with Gasteiger partial charge in [-0.25, -0.2) is 0 Å². The second kappa shape index (κ2) is 10.1. The van der Waals surface area contributed by atoms with Crippen LogP contribution in [-0.4, -0.2) is 62.8 Å². The maximum Gasteiger partial charge on any atom is 0.191 e. The fourth-order valence-electron chi connectivity index (χ4n) is 3.12. The maximum absolute atomic E-state index is 5.63. The Kier molecular flexibility index (Phi) is 8.02. The van der Waals surface area contributed by atoms with E-state index in [2.05, 4.69) is 34.4 Å². The monoisotopic (exact) mass is 310 g/mol. The van der Waals surface area contributed by atoms with E-state index in [4.69, 9.17) is 4.74 Å². The minimum Gasteiger partial charge on any atom is -0.376 e. The smallest absolute Gasteiger partial charge is 0.191 e. The molecule has 0 aliphatic carbocycles. The zero-order chi connectivity index (χ0) is 15.6. The summed E-state index contributed by atoms with van der Waals surface area (Å²) in [7, 11) is 0. The van der Waals surface area contributed by atoms with Crippen molar-refractivity contribution in [3.8, 4) is 0 Å². The molecule has 0 radical (unpaired) electrons. The van der Waals surface area contributed by atoms with Crippen molar-refractivity contribution in [2.24, 2.45) is 10.9 Å². The largest absolute Gasteiger partial charge is 0.376 e. The summed E-state index contributed by atoms with van der Waals surface area (Å²) in [5, 5.41) is 6.77. The average molecular weight is 310 g/mol. The molecule has 2 heterocycles. The van der Waals surface area contributed by atoms with Crippen LogP contribution in [0.15, 0.2) is 4.99 Å². The Morgan fingerprint density at radius 2 is 2.05 bits per heavy atom. The molecule has 0 aromatic heterocycles. The van der Waals surface area contributed by atoms with Crippen molar-refractivity contribution in [1.29, 1.82) is 0 Å². The van der Waals surface area contributed by atoms with Gasteiger partial charge in [-0.3, -0.25) is 4.99 Å². The van der Waals surface area contributed by atoms with Crippen LogP contribution in [0.25, 0.3) is 0 Å². The molecule has 0 bridgehead atoms. The van der Waals surface area contributed by atoms with Gasteiger partial charge in [-0.15, -0.1) is 0 Å². The summed E-state index contributed by atoms with van der Waals surface area (Å²) >= 11 is 0. The van der Waals surface area contributed by atoms with E-state index < -0.39 is 0 Å². The number of rotatable bonds is 7.